The van der Waals surface area contributed by atoms with Crippen LogP contribution in [0.5, 0.6) is 11.5 Å². The molecule has 0 saturated carbocycles. The van der Waals surface area contributed by atoms with Crippen molar-refractivity contribution < 1.29 is 19.0 Å². The third-order valence-electron chi connectivity index (χ3n) is 8.77. The molecule has 3 aromatic carbocycles. The fourth-order valence-electron chi connectivity index (χ4n) is 6.15. The van der Waals surface area contributed by atoms with Gasteiger partial charge in [-0.25, -0.2) is 4.98 Å². The molecule has 6 rings (SSSR count). The third kappa shape index (κ3) is 8.01. The topological polar surface area (TPSA) is 89.4 Å². The number of nitrogens with zero attached hydrogens (tertiary/aromatic N) is 5. The molecule has 3 heterocycles. The molecule has 0 spiro atoms. The Morgan fingerprint density at radius 3 is 2.30 bits per heavy atom. The Morgan fingerprint density at radius 2 is 1.57 bits per heavy atom. The Bertz CT molecular complexity index is 1720. The number of fused-ring (bicyclic) bond motifs is 1. The first-order chi connectivity index (χ1) is 22.9. The molecule has 0 radical (unpaired) electrons. The van der Waals surface area contributed by atoms with Crippen molar-refractivity contribution in [3.8, 4) is 17.2 Å². The molecular formula is C37H45N5O5. The molecule has 47 heavy (non-hydrogen) atoms. The molecule has 2 saturated heterocycles. The average molecular weight is 640 g/mol. The number of aryl methyl sites for hydroxylation is 1. The van der Waals surface area contributed by atoms with Crippen molar-refractivity contribution in [1.29, 1.82) is 0 Å². The first-order valence-electron chi connectivity index (χ1n) is 16.7. The van der Waals surface area contributed by atoms with Crippen LogP contribution in [0.3, 0.4) is 0 Å². The summed E-state index contributed by atoms with van der Waals surface area (Å²) in [5, 5.41) is 0.560. The van der Waals surface area contributed by atoms with Gasteiger partial charge >= 0.3 is 0 Å². The molecule has 0 aliphatic carbocycles. The second-order valence-electron chi connectivity index (χ2n) is 12.5. The van der Waals surface area contributed by atoms with Crippen molar-refractivity contribution in [2.75, 3.05) is 59.1 Å². The molecule has 1 amide bonds. The third-order valence-corrected chi connectivity index (χ3v) is 8.77. The van der Waals surface area contributed by atoms with Crippen molar-refractivity contribution in [1.82, 2.24) is 24.3 Å². The van der Waals surface area contributed by atoms with Gasteiger partial charge in [-0.2, -0.15) is 0 Å². The number of carbonyl (C=O) groups is 1. The van der Waals surface area contributed by atoms with E-state index in [0.29, 0.717) is 66.6 Å². The van der Waals surface area contributed by atoms with Crippen molar-refractivity contribution in [2.45, 2.75) is 46.4 Å². The summed E-state index contributed by atoms with van der Waals surface area (Å²) in [6.07, 6.45) is 0.888. The SMILES string of the molecule is CCc1ccc(OCC(=O)N2CCN(Cc3nc4ccccc4c(=O)n3-c3cc(CN4CCOCC4)ccc3OC(C)C)CC2)cc1. The minimum atomic E-state index is -0.124. The number of ether oxygens (including phenoxy) is 3. The summed E-state index contributed by atoms with van der Waals surface area (Å²) in [5.41, 5.74) is 3.56. The van der Waals surface area contributed by atoms with Crippen LogP contribution in [0.15, 0.2) is 71.5 Å². The van der Waals surface area contributed by atoms with Crippen LogP contribution in [0, 0.1) is 0 Å². The van der Waals surface area contributed by atoms with Crippen molar-refractivity contribution >= 4 is 16.8 Å². The van der Waals surface area contributed by atoms with E-state index in [0.717, 1.165) is 44.8 Å². The van der Waals surface area contributed by atoms with Gasteiger partial charge < -0.3 is 19.1 Å². The Hall–Kier alpha value is -4.25. The van der Waals surface area contributed by atoms with Crippen LogP contribution in [0.4, 0.5) is 0 Å². The molecule has 0 bridgehead atoms. The van der Waals surface area contributed by atoms with Crippen LogP contribution in [0.1, 0.15) is 37.7 Å². The van der Waals surface area contributed by atoms with Crippen LogP contribution in [-0.4, -0.2) is 95.4 Å². The molecule has 0 atom stereocenters. The van der Waals surface area contributed by atoms with Gasteiger partial charge in [0.2, 0.25) is 0 Å². The zero-order chi connectivity index (χ0) is 32.8. The van der Waals surface area contributed by atoms with Gasteiger partial charge in [0.25, 0.3) is 11.5 Å². The Kier molecular flexibility index (Phi) is 10.5. The smallest absolute Gasteiger partial charge is 0.266 e. The van der Waals surface area contributed by atoms with Crippen molar-refractivity contribution in [3.63, 3.8) is 0 Å². The lowest BCUT2D eigenvalue weighted by Gasteiger charge is -2.34. The maximum absolute atomic E-state index is 14.3. The lowest BCUT2D eigenvalue weighted by atomic mass is 10.1. The van der Waals surface area contributed by atoms with E-state index in [-0.39, 0.29) is 24.2 Å². The van der Waals surface area contributed by atoms with E-state index in [9.17, 15) is 9.59 Å². The first kappa shape index (κ1) is 32.7. The number of rotatable bonds is 11. The lowest BCUT2D eigenvalue weighted by molar-refractivity contribution is -0.135. The predicted octanol–water partition coefficient (Wildman–Crippen LogP) is 4.29. The summed E-state index contributed by atoms with van der Waals surface area (Å²) in [6.45, 7) is 13.0. The molecular weight excluding hydrogens is 594 g/mol. The molecule has 10 nitrogen and oxygen atoms in total. The number of aromatic nitrogens is 2. The minimum Gasteiger partial charge on any atom is -0.489 e. The van der Waals surface area contributed by atoms with E-state index in [4.69, 9.17) is 19.2 Å². The van der Waals surface area contributed by atoms with E-state index in [2.05, 4.69) is 28.9 Å². The number of hydrogen-bond donors (Lipinski definition) is 0. The van der Waals surface area contributed by atoms with Gasteiger partial charge in [-0.3, -0.25) is 24.0 Å². The number of morpholine rings is 1. The number of amides is 1. The predicted molar refractivity (Wildman–Crippen MR) is 182 cm³/mol. The molecule has 248 valence electrons. The van der Waals surface area contributed by atoms with Gasteiger partial charge in [0, 0.05) is 45.8 Å². The summed E-state index contributed by atoms with van der Waals surface area (Å²) < 4.78 is 19.3. The molecule has 0 N–H and O–H groups in total. The van der Waals surface area contributed by atoms with Crippen LogP contribution >= 0.6 is 0 Å². The van der Waals surface area contributed by atoms with Crippen molar-refractivity contribution in [3.05, 3.63) is 94.0 Å². The van der Waals surface area contributed by atoms with Crippen molar-refractivity contribution in [2.24, 2.45) is 0 Å². The van der Waals surface area contributed by atoms with Gasteiger partial charge in [0.1, 0.15) is 17.3 Å². The molecule has 2 aliphatic rings. The zero-order valence-corrected chi connectivity index (χ0v) is 27.7. The van der Waals surface area contributed by atoms with Gasteiger partial charge in [0.15, 0.2) is 6.61 Å². The number of carbonyl (C=O) groups excluding carboxylic acids is 1. The van der Waals surface area contributed by atoms with E-state index in [1.165, 1.54) is 5.56 Å². The number of hydrogen-bond acceptors (Lipinski definition) is 8. The summed E-state index contributed by atoms with van der Waals surface area (Å²) in [4.78, 5) is 38.7. The van der Waals surface area contributed by atoms with Gasteiger partial charge in [-0.15, -0.1) is 0 Å². The Balaban J connectivity index is 1.23. The van der Waals surface area contributed by atoms with E-state index < -0.39 is 0 Å². The van der Waals surface area contributed by atoms with Crippen LogP contribution in [-0.2, 0) is 29.0 Å². The molecule has 4 aromatic rings. The monoisotopic (exact) mass is 639 g/mol. The fraction of sp³-hybridized carbons (Fsp3) is 0.432. The highest BCUT2D eigenvalue weighted by Gasteiger charge is 2.25. The summed E-state index contributed by atoms with van der Waals surface area (Å²) in [7, 11) is 0. The van der Waals surface area contributed by atoms with E-state index in [1.807, 2.05) is 73.3 Å². The molecule has 1 aromatic heterocycles. The fourth-order valence-corrected chi connectivity index (χ4v) is 6.15. The maximum atomic E-state index is 14.3. The highest BCUT2D eigenvalue weighted by Crippen LogP contribution is 2.28. The number of piperazine rings is 1. The van der Waals surface area contributed by atoms with E-state index >= 15 is 0 Å². The first-order valence-corrected chi connectivity index (χ1v) is 16.7. The van der Waals surface area contributed by atoms with Gasteiger partial charge in [-0.1, -0.05) is 37.3 Å². The normalized spacial score (nSPS) is 16.1. The van der Waals surface area contributed by atoms with Crippen LogP contribution < -0.4 is 15.0 Å². The quantitative estimate of drug-likeness (QED) is 0.240. The standard InChI is InChI=1S/C37H45N5O5/c1-4-28-9-12-30(13-10-28)46-26-36(43)41-17-15-39(16-18-41)25-35-38-32-8-6-5-7-31(32)37(44)42(35)33-23-29(11-14-34(33)47-27(2)3)24-40-19-21-45-22-20-40/h5-14,23,27H,4,15-22,24-26H2,1-3H3. The summed E-state index contributed by atoms with van der Waals surface area (Å²) >= 11 is 0. The van der Waals surface area contributed by atoms with E-state index in [1.54, 1.807) is 4.57 Å². The van der Waals surface area contributed by atoms with Gasteiger partial charge in [-0.05, 0) is 67.8 Å². The summed E-state index contributed by atoms with van der Waals surface area (Å²) in [6, 6.07) is 21.5. The summed E-state index contributed by atoms with van der Waals surface area (Å²) in [5.74, 6) is 1.96. The highest BCUT2D eigenvalue weighted by atomic mass is 16.5. The minimum absolute atomic E-state index is 0.0106. The average Bonchev–Trinajstić information content (AvgIpc) is 3.09. The maximum Gasteiger partial charge on any atom is 0.266 e. The molecule has 10 heteroatoms. The lowest BCUT2D eigenvalue weighted by Crippen LogP contribution is -2.50. The Morgan fingerprint density at radius 1 is 0.872 bits per heavy atom. The largest absolute Gasteiger partial charge is 0.489 e. The van der Waals surface area contributed by atoms with Crippen LogP contribution in [0.25, 0.3) is 16.6 Å². The molecule has 0 unspecified atom stereocenters. The number of benzene rings is 3. The van der Waals surface area contributed by atoms with Gasteiger partial charge in [0.05, 0.1) is 42.5 Å². The highest BCUT2D eigenvalue weighted by molar-refractivity contribution is 5.78. The number of para-hydroxylation sites is 1. The second-order valence-corrected chi connectivity index (χ2v) is 12.5. The Labute approximate surface area is 276 Å². The molecule has 2 aliphatic heterocycles. The second kappa shape index (κ2) is 15.1. The van der Waals surface area contributed by atoms with Crippen LogP contribution in [0.2, 0.25) is 0 Å². The molecule has 2 fully saturated rings. The zero-order valence-electron chi connectivity index (χ0n) is 27.7.